The quantitative estimate of drug-likeness (QED) is 0.498. The summed E-state index contributed by atoms with van der Waals surface area (Å²) in [5.74, 6) is 0.979. The standard InChI is InChI=1S/C22H25N3O2S2/c1-3-4-10-27-16-7-5-6-15(12-16)20(26)24-22(28)25-21-18(13-23)17-9-8-14(2)11-19(17)29-21/h5-7,12,14H,3-4,8-11H2,1-2H3,(H2,24,25,26,28)/t14-/m1/s1. The van der Waals surface area contributed by atoms with E-state index in [1.807, 2.05) is 6.07 Å². The van der Waals surface area contributed by atoms with Gasteiger partial charge in [-0.1, -0.05) is 26.3 Å². The zero-order valence-corrected chi connectivity index (χ0v) is 18.3. The number of thiocarbonyl (C=S) groups is 1. The first-order chi connectivity index (χ1) is 14.0. The van der Waals surface area contributed by atoms with Gasteiger partial charge in [-0.15, -0.1) is 11.3 Å². The number of nitriles is 1. The molecule has 0 saturated heterocycles. The highest BCUT2D eigenvalue weighted by atomic mass is 32.1. The number of hydrogen-bond donors (Lipinski definition) is 2. The van der Waals surface area contributed by atoms with Crippen LogP contribution in [0.2, 0.25) is 0 Å². The number of nitrogens with zero attached hydrogens (tertiary/aromatic N) is 1. The summed E-state index contributed by atoms with van der Waals surface area (Å²) in [6.07, 6.45) is 5.02. The first kappa shape index (κ1) is 21.3. The van der Waals surface area contributed by atoms with Crippen molar-refractivity contribution in [2.75, 3.05) is 11.9 Å². The second-order valence-corrected chi connectivity index (χ2v) is 8.82. The summed E-state index contributed by atoms with van der Waals surface area (Å²) >= 11 is 6.89. The summed E-state index contributed by atoms with van der Waals surface area (Å²) in [6, 6.07) is 9.35. The number of benzene rings is 1. The molecule has 2 N–H and O–H groups in total. The highest BCUT2D eigenvalue weighted by Gasteiger charge is 2.24. The maximum atomic E-state index is 12.6. The van der Waals surface area contributed by atoms with Gasteiger partial charge in [-0.2, -0.15) is 5.26 Å². The summed E-state index contributed by atoms with van der Waals surface area (Å²) < 4.78 is 5.66. The van der Waals surface area contributed by atoms with E-state index in [1.165, 1.54) is 4.88 Å². The van der Waals surface area contributed by atoms with Crippen LogP contribution in [0.25, 0.3) is 0 Å². The van der Waals surface area contributed by atoms with Crippen molar-refractivity contribution in [1.29, 1.82) is 5.26 Å². The summed E-state index contributed by atoms with van der Waals surface area (Å²) in [5.41, 5.74) is 2.26. The molecule has 0 bridgehead atoms. The number of hydrogen-bond acceptors (Lipinski definition) is 5. The average Bonchev–Trinajstić information content (AvgIpc) is 3.04. The van der Waals surface area contributed by atoms with E-state index in [-0.39, 0.29) is 11.0 Å². The van der Waals surface area contributed by atoms with Crippen LogP contribution >= 0.6 is 23.6 Å². The van der Waals surface area contributed by atoms with Crippen LogP contribution in [0.3, 0.4) is 0 Å². The Kier molecular flexibility index (Phi) is 7.24. The van der Waals surface area contributed by atoms with Crippen LogP contribution in [0.5, 0.6) is 5.75 Å². The predicted octanol–water partition coefficient (Wildman–Crippen LogP) is 5.05. The minimum absolute atomic E-state index is 0.190. The molecule has 2 aromatic rings. The molecule has 1 aliphatic carbocycles. The number of amides is 1. The lowest BCUT2D eigenvalue weighted by molar-refractivity contribution is 0.0977. The van der Waals surface area contributed by atoms with Crippen LogP contribution < -0.4 is 15.4 Å². The summed E-state index contributed by atoms with van der Waals surface area (Å²) in [6.45, 7) is 4.95. The third-order valence-electron chi connectivity index (χ3n) is 4.94. The van der Waals surface area contributed by atoms with Gasteiger partial charge in [0, 0.05) is 10.4 Å². The molecule has 0 fully saturated rings. The van der Waals surface area contributed by atoms with Crippen LogP contribution in [0.15, 0.2) is 24.3 Å². The number of carbonyl (C=O) groups is 1. The Bertz CT molecular complexity index is 946. The van der Waals surface area contributed by atoms with Crippen LogP contribution in [0.1, 0.15) is 59.5 Å². The Morgan fingerprint density at radius 1 is 1.45 bits per heavy atom. The Balaban J connectivity index is 1.65. The van der Waals surface area contributed by atoms with Gasteiger partial charge in [0.25, 0.3) is 5.91 Å². The Morgan fingerprint density at radius 2 is 2.28 bits per heavy atom. The van der Waals surface area contributed by atoms with Gasteiger partial charge in [0.05, 0.1) is 12.2 Å². The van der Waals surface area contributed by atoms with Gasteiger partial charge >= 0.3 is 0 Å². The molecule has 0 aliphatic heterocycles. The maximum absolute atomic E-state index is 12.6. The molecular weight excluding hydrogens is 402 g/mol. The molecule has 7 heteroatoms. The lowest BCUT2D eigenvalue weighted by Gasteiger charge is -2.17. The molecule has 0 spiro atoms. The van der Waals surface area contributed by atoms with Crippen LogP contribution in [0, 0.1) is 17.2 Å². The molecule has 3 rings (SSSR count). The van der Waals surface area contributed by atoms with E-state index in [0.29, 0.717) is 34.4 Å². The minimum Gasteiger partial charge on any atom is -0.494 e. The van der Waals surface area contributed by atoms with Crippen LogP contribution in [-0.4, -0.2) is 17.6 Å². The number of ether oxygens (including phenoxy) is 1. The first-order valence-corrected chi connectivity index (χ1v) is 11.1. The number of nitrogens with one attached hydrogen (secondary N) is 2. The fourth-order valence-electron chi connectivity index (χ4n) is 3.33. The Labute approximate surface area is 181 Å². The van der Waals surface area contributed by atoms with Crippen LogP contribution in [0.4, 0.5) is 5.00 Å². The molecular formula is C22H25N3O2S2. The van der Waals surface area contributed by atoms with E-state index in [0.717, 1.165) is 37.7 Å². The van der Waals surface area contributed by atoms with Crippen molar-refractivity contribution in [2.24, 2.45) is 5.92 Å². The first-order valence-electron chi connectivity index (χ1n) is 9.91. The summed E-state index contributed by atoms with van der Waals surface area (Å²) in [4.78, 5) is 13.8. The molecule has 1 aliphatic rings. The smallest absolute Gasteiger partial charge is 0.257 e. The molecule has 1 amide bonds. The van der Waals surface area contributed by atoms with Crippen molar-refractivity contribution < 1.29 is 9.53 Å². The zero-order valence-electron chi connectivity index (χ0n) is 16.7. The van der Waals surface area contributed by atoms with Gasteiger partial charge in [-0.3, -0.25) is 10.1 Å². The second-order valence-electron chi connectivity index (χ2n) is 7.31. The number of rotatable bonds is 6. The number of fused-ring (bicyclic) bond motifs is 1. The van der Waals surface area contributed by atoms with Crippen molar-refractivity contribution in [3.63, 3.8) is 0 Å². The fraction of sp³-hybridized carbons (Fsp3) is 0.409. The molecule has 1 atom stereocenters. The van der Waals surface area contributed by atoms with Crippen molar-refractivity contribution in [3.8, 4) is 11.8 Å². The lowest BCUT2D eigenvalue weighted by Crippen LogP contribution is -2.34. The van der Waals surface area contributed by atoms with E-state index in [9.17, 15) is 10.1 Å². The van der Waals surface area contributed by atoms with Gasteiger partial charge in [0.2, 0.25) is 0 Å². The Morgan fingerprint density at radius 3 is 3.03 bits per heavy atom. The van der Waals surface area contributed by atoms with Crippen molar-refractivity contribution in [1.82, 2.24) is 5.32 Å². The van der Waals surface area contributed by atoms with Crippen molar-refractivity contribution in [2.45, 2.75) is 46.0 Å². The normalized spacial score (nSPS) is 15.1. The highest BCUT2D eigenvalue weighted by molar-refractivity contribution is 7.80. The van der Waals surface area contributed by atoms with E-state index < -0.39 is 0 Å². The average molecular weight is 428 g/mol. The van der Waals surface area contributed by atoms with Gasteiger partial charge in [-0.25, -0.2) is 0 Å². The molecule has 1 heterocycles. The monoisotopic (exact) mass is 427 g/mol. The van der Waals surface area contributed by atoms with Gasteiger partial charge in [0.1, 0.15) is 16.8 Å². The molecule has 29 heavy (non-hydrogen) atoms. The number of thiophene rings is 1. The summed E-state index contributed by atoms with van der Waals surface area (Å²) in [5, 5.41) is 16.3. The molecule has 0 radical (unpaired) electrons. The minimum atomic E-state index is -0.308. The fourth-order valence-corrected chi connectivity index (χ4v) is 4.95. The molecule has 1 aromatic heterocycles. The second kappa shape index (κ2) is 9.86. The largest absolute Gasteiger partial charge is 0.494 e. The zero-order chi connectivity index (χ0) is 20.8. The number of carbonyl (C=O) groups excluding carboxylic acids is 1. The number of anilines is 1. The van der Waals surface area contributed by atoms with Gasteiger partial charge in [0.15, 0.2) is 5.11 Å². The van der Waals surface area contributed by atoms with E-state index in [1.54, 1.807) is 29.5 Å². The van der Waals surface area contributed by atoms with Crippen molar-refractivity contribution in [3.05, 3.63) is 45.8 Å². The molecule has 5 nitrogen and oxygen atoms in total. The third kappa shape index (κ3) is 5.34. The summed E-state index contributed by atoms with van der Waals surface area (Å²) in [7, 11) is 0. The van der Waals surface area contributed by atoms with E-state index >= 15 is 0 Å². The highest BCUT2D eigenvalue weighted by Crippen LogP contribution is 2.39. The van der Waals surface area contributed by atoms with Crippen molar-refractivity contribution >= 4 is 39.6 Å². The van der Waals surface area contributed by atoms with Gasteiger partial charge in [-0.05, 0) is 67.6 Å². The van der Waals surface area contributed by atoms with E-state index in [4.69, 9.17) is 17.0 Å². The number of unbranched alkanes of at least 4 members (excludes halogenated alkanes) is 1. The molecule has 1 aromatic carbocycles. The third-order valence-corrected chi connectivity index (χ3v) is 6.31. The topological polar surface area (TPSA) is 74.2 Å². The maximum Gasteiger partial charge on any atom is 0.257 e. The molecule has 0 saturated carbocycles. The molecule has 152 valence electrons. The van der Waals surface area contributed by atoms with Gasteiger partial charge < -0.3 is 10.1 Å². The Hall–Kier alpha value is -2.43. The lowest BCUT2D eigenvalue weighted by atomic mass is 9.89. The molecule has 0 unspecified atom stereocenters. The predicted molar refractivity (Wildman–Crippen MR) is 121 cm³/mol. The van der Waals surface area contributed by atoms with E-state index in [2.05, 4.69) is 30.6 Å². The van der Waals surface area contributed by atoms with Crippen LogP contribution in [-0.2, 0) is 12.8 Å². The SMILES string of the molecule is CCCCOc1cccc(C(=O)NC(=S)Nc2sc3c(c2C#N)CC[C@@H](C)C3)c1.